The van der Waals surface area contributed by atoms with E-state index in [4.69, 9.17) is 4.74 Å². The summed E-state index contributed by atoms with van der Waals surface area (Å²) >= 11 is 0. The molecule has 1 atom stereocenters. The molecule has 5 rings (SSSR count). The maximum Gasteiger partial charge on any atom is 0.407 e. The quantitative estimate of drug-likeness (QED) is 0.433. The summed E-state index contributed by atoms with van der Waals surface area (Å²) in [6, 6.07) is 16.6. The van der Waals surface area contributed by atoms with Crippen molar-refractivity contribution in [2.75, 3.05) is 6.61 Å². The summed E-state index contributed by atoms with van der Waals surface area (Å²) in [4.78, 5) is 28.5. The van der Waals surface area contributed by atoms with E-state index < -0.39 is 18.1 Å². The van der Waals surface area contributed by atoms with Crippen molar-refractivity contribution in [1.82, 2.24) is 20.5 Å². The Hall–Kier alpha value is -4.20. The summed E-state index contributed by atoms with van der Waals surface area (Å²) in [7, 11) is 0. The number of carbonyl (C=O) groups excluding carboxylic acids is 1. The SMILES string of the molecule is O=C(N[C@H](Cc1ccnc2[nH]ncc12)C(=O)O)OCC1c2ccccc2-c2ccccc21. The number of pyridine rings is 1. The van der Waals surface area contributed by atoms with Gasteiger partial charge in [-0.1, -0.05) is 48.5 Å². The number of rotatable bonds is 6. The van der Waals surface area contributed by atoms with E-state index in [9.17, 15) is 14.7 Å². The summed E-state index contributed by atoms with van der Waals surface area (Å²) in [5, 5.41) is 19.5. The van der Waals surface area contributed by atoms with Gasteiger partial charge in [-0.15, -0.1) is 0 Å². The smallest absolute Gasteiger partial charge is 0.407 e. The zero-order chi connectivity index (χ0) is 22.1. The number of hydrogen-bond acceptors (Lipinski definition) is 5. The number of fused-ring (bicyclic) bond motifs is 4. The number of hydrogen-bond donors (Lipinski definition) is 3. The molecule has 32 heavy (non-hydrogen) atoms. The number of nitrogens with one attached hydrogen (secondary N) is 2. The molecule has 1 aliphatic rings. The summed E-state index contributed by atoms with van der Waals surface area (Å²) in [6.45, 7) is 0.118. The minimum Gasteiger partial charge on any atom is -0.480 e. The lowest BCUT2D eigenvalue weighted by atomic mass is 9.98. The first-order valence-electron chi connectivity index (χ1n) is 10.2. The zero-order valence-electron chi connectivity index (χ0n) is 17.0. The molecule has 3 N–H and O–H groups in total. The zero-order valence-corrected chi connectivity index (χ0v) is 17.0. The average Bonchev–Trinajstić information content (AvgIpc) is 3.41. The Kier molecular flexibility index (Phi) is 5.03. The highest BCUT2D eigenvalue weighted by atomic mass is 16.5. The summed E-state index contributed by atoms with van der Waals surface area (Å²) < 4.78 is 5.49. The van der Waals surface area contributed by atoms with Gasteiger partial charge >= 0.3 is 12.1 Å². The number of carbonyl (C=O) groups is 2. The van der Waals surface area contributed by atoms with Gasteiger partial charge in [-0.25, -0.2) is 14.6 Å². The van der Waals surface area contributed by atoms with Crippen molar-refractivity contribution >= 4 is 23.1 Å². The van der Waals surface area contributed by atoms with Crippen molar-refractivity contribution in [3.05, 3.63) is 83.7 Å². The molecule has 1 aliphatic carbocycles. The van der Waals surface area contributed by atoms with Crippen LogP contribution in [0.2, 0.25) is 0 Å². The number of H-pyrrole nitrogens is 1. The second-order valence-corrected chi connectivity index (χ2v) is 7.67. The number of nitrogens with zero attached hydrogens (tertiary/aromatic N) is 2. The van der Waals surface area contributed by atoms with Gasteiger partial charge < -0.3 is 15.2 Å². The average molecular weight is 428 g/mol. The Bertz CT molecular complexity index is 1270. The van der Waals surface area contributed by atoms with Gasteiger partial charge in [-0.05, 0) is 33.9 Å². The predicted molar refractivity (Wildman–Crippen MR) is 117 cm³/mol. The lowest BCUT2D eigenvalue weighted by Gasteiger charge is -2.17. The van der Waals surface area contributed by atoms with Gasteiger partial charge in [0.2, 0.25) is 0 Å². The number of carboxylic acid groups (broad SMARTS) is 1. The van der Waals surface area contributed by atoms with Crippen molar-refractivity contribution in [2.24, 2.45) is 0 Å². The van der Waals surface area contributed by atoms with Crippen LogP contribution in [0.3, 0.4) is 0 Å². The number of alkyl carbamates (subject to hydrolysis) is 1. The first-order valence-corrected chi connectivity index (χ1v) is 10.2. The highest BCUT2D eigenvalue weighted by molar-refractivity contribution is 5.83. The third-order valence-electron chi connectivity index (χ3n) is 5.80. The topological polar surface area (TPSA) is 117 Å². The molecule has 4 aromatic rings. The van der Waals surface area contributed by atoms with Crippen LogP contribution < -0.4 is 5.32 Å². The summed E-state index contributed by atoms with van der Waals surface area (Å²) in [6.07, 6.45) is 2.47. The van der Waals surface area contributed by atoms with Gasteiger partial charge in [0.15, 0.2) is 5.65 Å². The second-order valence-electron chi connectivity index (χ2n) is 7.67. The Labute approximate surface area is 183 Å². The number of aliphatic carboxylic acids is 1. The van der Waals surface area contributed by atoms with Gasteiger partial charge in [0, 0.05) is 23.9 Å². The molecule has 1 amide bonds. The highest BCUT2D eigenvalue weighted by Crippen LogP contribution is 2.44. The molecule has 8 nitrogen and oxygen atoms in total. The Balaban J connectivity index is 1.29. The maximum atomic E-state index is 12.5. The van der Waals surface area contributed by atoms with E-state index in [0.29, 0.717) is 11.0 Å². The van der Waals surface area contributed by atoms with Crippen molar-refractivity contribution in [3.63, 3.8) is 0 Å². The third-order valence-corrected chi connectivity index (χ3v) is 5.80. The highest BCUT2D eigenvalue weighted by Gasteiger charge is 2.30. The van der Waals surface area contributed by atoms with E-state index in [-0.39, 0.29) is 18.9 Å². The Morgan fingerprint density at radius 1 is 1.06 bits per heavy atom. The number of amides is 1. The third kappa shape index (κ3) is 3.56. The van der Waals surface area contributed by atoms with Crippen LogP contribution >= 0.6 is 0 Å². The molecular weight excluding hydrogens is 408 g/mol. The van der Waals surface area contributed by atoms with Crippen LogP contribution in [-0.2, 0) is 16.0 Å². The number of carboxylic acids is 1. The summed E-state index contributed by atoms with van der Waals surface area (Å²) in [5.41, 5.74) is 5.72. The first kappa shape index (κ1) is 19.7. The molecule has 0 fully saturated rings. The van der Waals surface area contributed by atoms with Crippen molar-refractivity contribution in [2.45, 2.75) is 18.4 Å². The van der Waals surface area contributed by atoms with Gasteiger partial charge in [0.05, 0.1) is 6.20 Å². The predicted octanol–water partition coefficient (Wildman–Crippen LogP) is 3.49. The van der Waals surface area contributed by atoms with Gasteiger partial charge in [0.25, 0.3) is 0 Å². The van der Waals surface area contributed by atoms with Gasteiger partial charge in [-0.2, -0.15) is 5.10 Å². The lowest BCUT2D eigenvalue weighted by molar-refractivity contribution is -0.139. The van der Waals surface area contributed by atoms with Crippen molar-refractivity contribution in [1.29, 1.82) is 0 Å². The van der Waals surface area contributed by atoms with Crippen LogP contribution in [0.4, 0.5) is 4.79 Å². The monoisotopic (exact) mass is 428 g/mol. The second kappa shape index (κ2) is 8.14. The molecule has 8 heteroatoms. The molecule has 2 aromatic carbocycles. The normalized spacial score (nSPS) is 13.4. The van der Waals surface area contributed by atoms with Crippen LogP contribution in [0.25, 0.3) is 22.2 Å². The van der Waals surface area contributed by atoms with E-state index in [1.807, 2.05) is 36.4 Å². The molecule has 2 aromatic heterocycles. The fraction of sp³-hybridized carbons (Fsp3) is 0.167. The molecule has 0 saturated heterocycles. The van der Waals surface area contributed by atoms with Gasteiger partial charge in [-0.3, -0.25) is 5.10 Å². The maximum absolute atomic E-state index is 12.5. The van der Waals surface area contributed by atoms with Crippen LogP contribution in [-0.4, -0.2) is 45.0 Å². The molecule has 0 unspecified atom stereocenters. The molecule has 2 heterocycles. The van der Waals surface area contributed by atoms with Gasteiger partial charge in [0.1, 0.15) is 12.6 Å². The minimum absolute atomic E-state index is 0.0814. The van der Waals surface area contributed by atoms with Crippen LogP contribution in [0.15, 0.2) is 67.0 Å². The molecule has 0 bridgehead atoms. The van der Waals surface area contributed by atoms with E-state index in [1.54, 1.807) is 18.5 Å². The van der Waals surface area contributed by atoms with Crippen molar-refractivity contribution < 1.29 is 19.4 Å². The van der Waals surface area contributed by atoms with E-state index in [0.717, 1.165) is 27.8 Å². The summed E-state index contributed by atoms with van der Waals surface area (Å²) in [5.74, 6) is -1.24. The molecule has 0 saturated carbocycles. The molecule has 0 spiro atoms. The van der Waals surface area contributed by atoms with Crippen LogP contribution in [0, 0.1) is 0 Å². The Morgan fingerprint density at radius 3 is 2.44 bits per heavy atom. The number of aromatic amines is 1. The number of benzene rings is 2. The van der Waals surface area contributed by atoms with Crippen molar-refractivity contribution in [3.8, 4) is 11.1 Å². The fourth-order valence-corrected chi connectivity index (χ4v) is 4.28. The number of aromatic nitrogens is 3. The first-order chi connectivity index (χ1) is 15.6. The molecule has 0 radical (unpaired) electrons. The largest absolute Gasteiger partial charge is 0.480 e. The van der Waals surface area contributed by atoms with Crippen LogP contribution in [0.1, 0.15) is 22.6 Å². The molecular formula is C24H20N4O4. The fourth-order valence-electron chi connectivity index (χ4n) is 4.28. The van der Waals surface area contributed by atoms with E-state index in [1.165, 1.54) is 0 Å². The molecule has 0 aliphatic heterocycles. The van der Waals surface area contributed by atoms with E-state index in [2.05, 4.69) is 32.6 Å². The minimum atomic E-state index is -1.15. The molecule has 160 valence electrons. The standard InChI is InChI=1S/C24H20N4O4/c29-23(30)21(11-14-9-10-25-22-19(14)12-26-28-22)27-24(31)32-13-20-17-7-3-1-5-15(17)16-6-2-4-8-18(16)20/h1-10,12,20-21H,11,13H2,(H,27,31)(H,29,30)(H,25,26,28)/t21-/m1/s1. The lowest BCUT2D eigenvalue weighted by Crippen LogP contribution is -2.43. The van der Waals surface area contributed by atoms with E-state index >= 15 is 0 Å². The Morgan fingerprint density at radius 2 is 1.75 bits per heavy atom. The number of ether oxygens (including phenoxy) is 1. The van der Waals surface area contributed by atoms with Crippen LogP contribution in [0.5, 0.6) is 0 Å².